The van der Waals surface area contributed by atoms with Crippen LogP contribution in [0.4, 0.5) is 0 Å². The zero-order valence-electron chi connectivity index (χ0n) is 9.65. The second-order valence-corrected chi connectivity index (χ2v) is 3.25. The lowest BCUT2D eigenvalue weighted by Crippen LogP contribution is -1.86. The van der Waals surface area contributed by atoms with Gasteiger partial charge in [0.25, 0.3) is 0 Å². The molecule has 0 spiro atoms. The van der Waals surface area contributed by atoms with Gasteiger partial charge in [-0.1, -0.05) is 56.5 Å². The van der Waals surface area contributed by atoms with E-state index in [9.17, 15) is 0 Å². The van der Waals surface area contributed by atoms with Crippen molar-refractivity contribution in [1.82, 2.24) is 0 Å². The van der Waals surface area contributed by atoms with Crippen molar-refractivity contribution in [2.24, 2.45) is 0 Å². The molecule has 0 nitrogen and oxygen atoms in total. The van der Waals surface area contributed by atoms with Gasteiger partial charge in [-0.25, -0.2) is 0 Å². The first-order chi connectivity index (χ1) is 6.22. The minimum atomic E-state index is 1.21. The van der Waals surface area contributed by atoms with E-state index in [1.54, 1.807) is 0 Å². The number of hydrogen-bond donors (Lipinski definition) is 0. The highest BCUT2D eigenvalue weighted by atomic mass is 14.0. The number of benzene rings is 1. The number of aryl methyl sites for hydroxylation is 3. The van der Waals surface area contributed by atoms with Gasteiger partial charge in [0, 0.05) is 0 Å². The maximum atomic E-state index is 2.27. The lowest BCUT2D eigenvalue weighted by atomic mass is 10.0. The van der Waals surface area contributed by atoms with Gasteiger partial charge in [0.1, 0.15) is 0 Å². The Labute approximate surface area is 83.0 Å². The minimum Gasteiger partial charge on any atom is -0.0683 e. The highest BCUT2D eigenvalue weighted by Gasteiger charge is 1.93. The summed E-state index contributed by atoms with van der Waals surface area (Å²) in [4.78, 5) is 0. The molecule has 74 valence electrons. The fraction of sp³-hybridized carbons (Fsp3) is 0.538. The SMILES string of the molecule is CC.CCCc1cc(C)cc(C)c1. The van der Waals surface area contributed by atoms with Crippen LogP contribution in [-0.2, 0) is 6.42 Å². The molecule has 1 aromatic rings. The van der Waals surface area contributed by atoms with Gasteiger partial charge in [-0.2, -0.15) is 0 Å². The molecule has 0 saturated heterocycles. The molecule has 0 aromatic heterocycles. The Morgan fingerprint density at radius 1 is 0.923 bits per heavy atom. The maximum absolute atomic E-state index is 2.27. The van der Waals surface area contributed by atoms with E-state index in [-0.39, 0.29) is 0 Å². The molecule has 0 saturated carbocycles. The first-order valence-corrected chi connectivity index (χ1v) is 5.29. The highest BCUT2D eigenvalue weighted by Crippen LogP contribution is 2.10. The molecule has 0 bridgehead atoms. The molecule has 0 heterocycles. The minimum absolute atomic E-state index is 1.21. The average molecular weight is 178 g/mol. The summed E-state index contributed by atoms with van der Waals surface area (Å²) >= 11 is 0. The van der Waals surface area contributed by atoms with Gasteiger partial charge in [-0.15, -0.1) is 0 Å². The Kier molecular flexibility index (Phi) is 6.30. The molecule has 0 N–H and O–H groups in total. The van der Waals surface area contributed by atoms with Crippen LogP contribution in [0, 0.1) is 13.8 Å². The summed E-state index contributed by atoms with van der Waals surface area (Å²) in [5.74, 6) is 0. The lowest BCUT2D eigenvalue weighted by molar-refractivity contribution is 0.918. The Balaban J connectivity index is 0.000000671. The third-order valence-electron chi connectivity index (χ3n) is 1.82. The summed E-state index contributed by atoms with van der Waals surface area (Å²) in [6, 6.07) is 6.77. The Morgan fingerprint density at radius 3 is 1.77 bits per heavy atom. The summed E-state index contributed by atoms with van der Waals surface area (Å²) in [5, 5.41) is 0. The summed E-state index contributed by atoms with van der Waals surface area (Å²) in [7, 11) is 0. The predicted molar refractivity (Wildman–Crippen MR) is 61.3 cm³/mol. The molecule has 0 amide bonds. The Bertz CT molecular complexity index is 216. The van der Waals surface area contributed by atoms with E-state index >= 15 is 0 Å². The molecule has 0 unspecified atom stereocenters. The number of rotatable bonds is 2. The second kappa shape index (κ2) is 6.71. The molecule has 0 fully saturated rings. The summed E-state index contributed by atoms with van der Waals surface area (Å²) in [6.45, 7) is 10.5. The summed E-state index contributed by atoms with van der Waals surface area (Å²) in [5.41, 5.74) is 4.24. The van der Waals surface area contributed by atoms with Crippen molar-refractivity contribution >= 4 is 0 Å². The molecule has 0 heteroatoms. The molecule has 0 aliphatic rings. The van der Waals surface area contributed by atoms with Crippen molar-refractivity contribution in [3.63, 3.8) is 0 Å². The standard InChI is InChI=1S/C11H16.C2H6/c1-4-5-11-7-9(2)6-10(3)8-11;1-2/h6-8H,4-5H2,1-3H3;1-2H3. The van der Waals surface area contributed by atoms with E-state index in [2.05, 4.69) is 39.0 Å². The van der Waals surface area contributed by atoms with Crippen LogP contribution >= 0.6 is 0 Å². The fourth-order valence-electron chi connectivity index (χ4n) is 1.50. The van der Waals surface area contributed by atoms with Crippen LogP contribution in [0.2, 0.25) is 0 Å². The van der Waals surface area contributed by atoms with Gasteiger partial charge in [0.2, 0.25) is 0 Å². The first-order valence-electron chi connectivity index (χ1n) is 5.29. The third kappa shape index (κ3) is 4.72. The largest absolute Gasteiger partial charge is 0.0683 e. The molecule has 0 radical (unpaired) electrons. The van der Waals surface area contributed by atoms with E-state index in [0.29, 0.717) is 0 Å². The molecule has 13 heavy (non-hydrogen) atoms. The van der Waals surface area contributed by atoms with Gasteiger partial charge in [0.05, 0.1) is 0 Å². The van der Waals surface area contributed by atoms with Crippen LogP contribution in [0.15, 0.2) is 18.2 Å². The molecule has 0 atom stereocenters. The van der Waals surface area contributed by atoms with Gasteiger partial charge in [-0.05, 0) is 25.8 Å². The predicted octanol–water partition coefficient (Wildman–Crippen LogP) is 4.28. The van der Waals surface area contributed by atoms with Crippen molar-refractivity contribution in [2.75, 3.05) is 0 Å². The second-order valence-electron chi connectivity index (χ2n) is 3.25. The molecule has 1 rings (SSSR count). The van der Waals surface area contributed by atoms with Crippen molar-refractivity contribution in [2.45, 2.75) is 47.5 Å². The molecule has 0 aliphatic heterocycles. The Hall–Kier alpha value is -0.780. The third-order valence-corrected chi connectivity index (χ3v) is 1.82. The molecular formula is C13H22. The fourth-order valence-corrected chi connectivity index (χ4v) is 1.50. The summed E-state index contributed by atoms with van der Waals surface area (Å²) in [6.07, 6.45) is 2.45. The molecular weight excluding hydrogens is 156 g/mol. The zero-order chi connectivity index (χ0) is 10.3. The first kappa shape index (κ1) is 12.2. The van der Waals surface area contributed by atoms with Crippen LogP contribution in [0.25, 0.3) is 0 Å². The Morgan fingerprint density at radius 2 is 1.38 bits per heavy atom. The van der Waals surface area contributed by atoms with Gasteiger partial charge < -0.3 is 0 Å². The van der Waals surface area contributed by atoms with Gasteiger partial charge >= 0.3 is 0 Å². The van der Waals surface area contributed by atoms with E-state index in [1.165, 1.54) is 29.5 Å². The lowest BCUT2D eigenvalue weighted by Gasteiger charge is -2.02. The van der Waals surface area contributed by atoms with Crippen LogP contribution in [0.1, 0.15) is 43.9 Å². The normalized spacial score (nSPS) is 9.00. The zero-order valence-corrected chi connectivity index (χ0v) is 9.65. The van der Waals surface area contributed by atoms with Gasteiger partial charge in [-0.3, -0.25) is 0 Å². The van der Waals surface area contributed by atoms with Gasteiger partial charge in [0.15, 0.2) is 0 Å². The monoisotopic (exact) mass is 178 g/mol. The van der Waals surface area contributed by atoms with Crippen LogP contribution in [-0.4, -0.2) is 0 Å². The number of hydrogen-bond acceptors (Lipinski definition) is 0. The van der Waals surface area contributed by atoms with Crippen molar-refractivity contribution < 1.29 is 0 Å². The van der Waals surface area contributed by atoms with Crippen LogP contribution < -0.4 is 0 Å². The van der Waals surface area contributed by atoms with Crippen molar-refractivity contribution in [1.29, 1.82) is 0 Å². The van der Waals surface area contributed by atoms with Crippen LogP contribution in [0.5, 0.6) is 0 Å². The van der Waals surface area contributed by atoms with E-state index in [1.807, 2.05) is 13.8 Å². The molecule has 0 aliphatic carbocycles. The maximum Gasteiger partial charge on any atom is -0.0281 e. The van der Waals surface area contributed by atoms with Crippen molar-refractivity contribution in [3.05, 3.63) is 34.9 Å². The van der Waals surface area contributed by atoms with E-state index < -0.39 is 0 Å². The molecule has 1 aromatic carbocycles. The summed E-state index contributed by atoms with van der Waals surface area (Å²) < 4.78 is 0. The van der Waals surface area contributed by atoms with E-state index in [0.717, 1.165) is 0 Å². The topological polar surface area (TPSA) is 0 Å². The van der Waals surface area contributed by atoms with E-state index in [4.69, 9.17) is 0 Å². The van der Waals surface area contributed by atoms with Crippen LogP contribution in [0.3, 0.4) is 0 Å². The smallest absolute Gasteiger partial charge is 0.0281 e. The average Bonchev–Trinajstić information content (AvgIpc) is 2.06. The van der Waals surface area contributed by atoms with Crippen molar-refractivity contribution in [3.8, 4) is 0 Å². The highest BCUT2D eigenvalue weighted by molar-refractivity contribution is 5.28. The quantitative estimate of drug-likeness (QED) is 0.634.